The van der Waals surface area contributed by atoms with Crippen LogP contribution < -0.4 is 5.73 Å². The molecule has 0 spiro atoms. The van der Waals surface area contributed by atoms with Gasteiger partial charge in [0, 0.05) is 18.0 Å². The summed E-state index contributed by atoms with van der Waals surface area (Å²) in [5, 5.41) is 2.10. The maximum Gasteiger partial charge on any atom is 0.240 e. The van der Waals surface area contributed by atoms with Gasteiger partial charge in [-0.3, -0.25) is 4.79 Å². The first-order valence-electron chi connectivity index (χ1n) is 5.69. The van der Waals surface area contributed by atoms with Gasteiger partial charge in [0.1, 0.15) is 0 Å². The topological polar surface area (TPSA) is 46.3 Å². The van der Waals surface area contributed by atoms with Gasteiger partial charge in [-0.1, -0.05) is 13.8 Å². The summed E-state index contributed by atoms with van der Waals surface area (Å²) in [6, 6.07) is 1.75. The Labute approximate surface area is 100 Å². The average Bonchev–Trinajstić information content (AvgIpc) is 2.73. The molecule has 0 saturated heterocycles. The predicted molar refractivity (Wildman–Crippen MR) is 66.3 cm³/mol. The van der Waals surface area contributed by atoms with E-state index in [9.17, 15) is 4.79 Å². The maximum absolute atomic E-state index is 12.1. The highest BCUT2D eigenvalue weighted by Gasteiger charge is 2.26. The standard InChI is InChI=1S/C12H18N2OS/c1-8(2)11(13)12(15)14-5-3-10-9(7-14)4-6-16-10/h4,6,8,11H,3,5,7,13H2,1-2H3/t11-/m1/s1. The molecule has 1 amide bonds. The van der Waals surface area contributed by atoms with Gasteiger partial charge in [-0.05, 0) is 29.3 Å². The van der Waals surface area contributed by atoms with Gasteiger partial charge < -0.3 is 10.6 Å². The first-order chi connectivity index (χ1) is 7.59. The molecule has 88 valence electrons. The third kappa shape index (κ3) is 2.13. The molecule has 0 aromatic carbocycles. The van der Waals surface area contributed by atoms with Crippen LogP contribution >= 0.6 is 11.3 Å². The molecule has 0 radical (unpaired) electrons. The number of carbonyl (C=O) groups is 1. The Balaban J connectivity index is 2.06. The number of fused-ring (bicyclic) bond motifs is 1. The largest absolute Gasteiger partial charge is 0.337 e. The molecule has 2 heterocycles. The molecule has 0 saturated carbocycles. The average molecular weight is 238 g/mol. The maximum atomic E-state index is 12.1. The molecule has 1 aliphatic rings. The van der Waals surface area contributed by atoms with Crippen LogP contribution in [0, 0.1) is 5.92 Å². The Hall–Kier alpha value is -0.870. The van der Waals surface area contributed by atoms with Crippen LogP contribution in [0.2, 0.25) is 0 Å². The lowest BCUT2D eigenvalue weighted by Gasteiger charge is -2.30. The van der Waals surface area contributed by atoms with Crippen molar-refractivity contribution < 1.29 is 4.79 Å². The van der Waals surface area contributed by atoms with Crippen LogP contribution in [0.3, 0.4) is 0 Å². The van der Waals surface area contributed by atoms with Crippen LogP contribution in [-0.4, -0.2) is 23.4 Å². The van der Waals surface area contributed by atoms with Gasteiger partial charge in [0.25, 0.3) is 0 Å². The Morgan fingerprint density at radius 3 is 3.00 bits per heavy atom. The summed E-state index contributed by atoms with van der Waals surface area (Å²) in [5.41, 5.74) is 7.19. The van der Waals surface area contributed by atoms with E-state index in [-0.39, 0.29) is 17.9 Å². The molecule has 1 aliphatic heterocycles. The van der Waals surface area contributed by atoms with E-state index >= 15 is 0 Å². The third-order valence-corrected chi connectivity index (χ3v) is 4.15. The summed E-state index contributed by atoms with van der Waals surface area (Å²) in [6.45, 7) is 5.52. The summed E-state index contributed by atoms with van der Waals surface area (Å²) in [4.78, 5) is 15.4. The van der Waals surface area contributed by atoms with E-state index in [1.165, 1.54) is 10.4 Å². The molecule has 1 atom stereocenters. The summed E-state index contributed by atoms with van der Waals surface area (Å²) >= 11 is 1.78. The van der Waals surface area contributed by atoms with Crippen molar-refractivity contribution in [1.82, 2.24) is 4.90 Å². The van der Waals surface area contributed by atoms with E-state index in [4.69, 9.17) is 5.73 Å². The lowest BCUT2D eigenvalue weighted by Crippen LogP contribution is -2.47. The summed E-state index contributed by atoms with van der Waals surface area (Å²) in [7, 11) is 0. The van der Waals surface area contributed by atoms with Crippen molar-refractivity contribution in [2.24, 2.45) is 11.7 Å². The van der Waals surface area contributed by atoms with Crippen LogP contribution in [0.25, 0.3) is 0 Å². The van der Waals surface area contributed by atoms with Gasteiger partial charge in [-0.15, -0.1) is 11.3 Å². The van der Waals surface area contributed by atoms with Gasteiger partial charge in [-0.2, -0.15) is 0 Å². The van der Waals surface area contributed by atoms with Crippen molar-refractivity contribution in [2.45, 2.75) is 32.9 Å². The molecule has 2 N–H and O–H groups in total. The molecule has 2 rings (SSSR count). The highest BCUT2D eigenvalue weighted by molar-refractivity contribution is 7.10. The van der Waals surface area contributed by atoms with Crippen LogP contribution in [0.1, 0.15) is 24.3 Å². The van der Waals surface area contributed by atoms with Crippen LogP contribution in [-0.2, 0) is 17.8 Å². The van der Waals surface area contributed by atoms with E-state index < -0.39 is 0 Å². The molecule has 1 aromatic heterocycles. The second-order valence-corrected chi connectivity index (χ2v) is 5.65. The van der Waals surface area contributed by atoms with Gasteiger partial charge >= 0.3 is 0 Å². The monoisotopic (exact) mass is 238 g/mol. The van der Waals surface area contributed by atoms with E-state index in [2.05, 4.69) is 11.4 Å². The van der Waals surface area contributed by atoms with Crippen molar-refractivity contribution in [3.05, 3.63) is 21.9 Å². The van der Waals surface area contributed by atoms with Crippen molar-refractivity contribution in [2.75, 3.05) is 6.54 Å². The minimum atomic E-state index is -0.361. The lowest BCUT2D eigenvalue weighted by atomic mass is 10.0. The molecule has 0 aliphatic carbocycles. The van der Waals surface area contributed by atoms with E-state index in [1.54, 1.807) is 11.3 Å². The smallest absolute Gasteiger partial charge is 0.240 e. The van der Waals surface area contributed by atoms with Crippen molar-refractivity contribution in [1.29, 1.82) is 0 Å². The number of carbonyl (C=O) groups excluding carboxylic acids is 1. The fourth-order valence-corrected chi connectivity index (χ4v) is 2.82. The zero-order valence-corrected chi connectivity index (χ0v) is 10.6. The molecular weight excluding hydrogens is 220 g/mol. The van der Waals surface area contributed by atoms with Gasteiger partial charge in [-0.25, -0.2) is 0 Å². The summed E-state index contributed by atoms with van der Waals surface area (Å²) in [6.07, 6.45) is 0.976. The number of rotatable bonds is 2. The number of amides is 1. The number of nitrogens with zero attached hydrogens (tertiary/aromatic N) is 1. The molecular formula is C12H18N2OS. The van der Waals surface area contributed by atoms with Gasteiger partial charge in [0.05, 0.1) is 6.04 Å². The molecule has 4 heteroatoms. The highest BCUT2D eigenvalue weighted by Crippen LogP contribution is 2.24. The zero-order valence-electron chi connectivity index (χ0n) is 9.77. The van der Waals surface area contributed by atoms with Crippen molar-refractivity contribution in [3.8, 4) is 0 Å². The van der Waals surface area contributed by atoms with Crippen LogP contribution in [0.15, 0.2) is 11.4 Å². The Morgan fingerprint density at radius 1 is 1.56 bits per heavy atom. The summed E-state index contributed by atoms with van der Waals surface area (Å²) < 4.78 is 0. The molecule has 0 fully saturated rings. The Kier molecular flexibility index (Phi) is 3.30. The lowest BCUT2D eigenvalue weighted by molar-refractivity contribution is -0.134. The fraction of sp³-hybridized carbons (Fsp3) is 0.583. The number of hydrogen-bond acceptors (Lipinski definition) is 3. The second-order valence-electron chi connectivity index (χ2n) is 4.65. The van der Waals surface area contributed by atoms with Crippen LogP contribution in [0.4, 0.5) is 0 Å². The first-order valence-corrected chi connectivity index (χ1v) is 6.57. The Morgan fingerprint density at radius 2 is 2.31 bits per heavy atom. The number of hydrogen-bond donors (Lipinski definition) is 1. The SMILES string of the molecule is CC(C)[C@@H](N)C(=O)N1CCc2sccc2C1. The zero-order chi connectivity index (χ0) is 11.7. The molecule has 1 aromatic rings. The molecule has 3 nitrogen and oxygen atoms in total. The van der Waals surface area contributed by atoms with Crippen molar-refractivity contribution >= 4 is 17.2 Å². The van der Waals surface area contributed by atoms with Crippen molar-refractivity contribution in [3.63, 3.8) is 0 Å². The number of thiophene rings is 1. The first kappa shape index (κ1) is 11.6. The van der Waals surface area contributed by atoms with E-state index in [0.29, 0.717) is 0 Å². The predicted octanol–water partition coefficient (Wildman–Crippen LogP) is 1.62. The summed E-state index contributed by atoms with van der Waals surface area (Å²) in [5.74, 6) is 0.295. The normalized spacial score (nSPS) is 17.4. The van der Waals surface area contributed by atoms with Gasteiger partial charge in [0.2, 0.25) is 5.91 Å². The van der Waals surface area contributed by atoms with Crippen LogP contribution in [0.5, 0.6) is 0 Å². The molecule has 0 unspecified atom stereocenters. The minimum Gasteiger partial charge on any atom is -0.337 e. The van der Waals surface area contributed by atoms with Gasteiger partial charge in [0.15, 0.2) is 0 Å². The second kappa shape index (κ2) is 4.55. The molecule has 0 bridgehead atoms. The highest BCUT2D eigenvalue weighted by atomic mass is 32.1. The van der Waals surface area contributed by atoms with E-state index in [1.807, 2.05) is 18.7 Å². The number of nitrogens with two attached hydrogens (primary N) is 1. The molecule has 16 heavy (non-hydrogen) atoms. The Bertz CT molecular complexity index is 386. The quantitative estimate of drug-likeness (QED) is 0.851. The third-order valence-electron chi connectivity index (χ3n) is 3.12. The minimum absolute atomic E-state index is 0.0897. The fourth-order valence-electron chi connectivity index (χ4n) is 1.93. The van der Waals surface area contributed by atoms with E-state index in [0.717, 1.165) is 19.5 Å².